The van der Waals surface area contributed by atoms with Gasteiger partial charge < -0.3 is 0 Å². The molecule has 0 unspecified atom stereocenters. The molecule has 0 spiro atoms. The second-order valence-electron chi connectivity index (χ2n) is 3.51. The lowest BCUT2D eigenvalue weighted by Crippen LogP contribution is -1.83. The topological polar surface area (TPSA) is 0 Å². The Labute approximate surface area is 88.0 Å². The molecule has 0 rings (SSSR count). The van der Waals surface area contributed by atoms with E-state index in [9.17, 15) is 0 Å². The van der Waals surface area contributed by atoms with Crippen molar-refractivity contribution in [3.63, 3.8) is 0 Å². The van der Waals surface area contributed by atoms with Gasteiger partial charge >= 0.3 is 0 Å². The molecule has 0 heterocycles. The summed E-state index contributed by atoms with van der Waals surface area (Å²) in [5, 5.41) is 0. The van der Waals surface area contributed by atoms with E-state index in [2.05, 4.69) is 39.2 Å². The summed E-state index contributed by atoms with van der Waals surface area (Å²) in [5.74, 6) is 0. The van der Waals surface area contributed by atoms with Crippen molar-refractivity contribution in [2.45, 2.75) is 27.7 Å². The summed E-state index contributed by atoms with van der Waals surface area (Å²) in [7, 11) is 0. The Kier molecular flexibility index (Phi) is 5.62. The highest BCUT2D eigenvalue weighted by Crippen LogP contribution is 2.14. The summed E-state index contributed by atoms with van der Waals surface area (Å²) in [5.41, 5.74) is 4.67. The minimum atomic E-state index is 1.05. The first-order valence-electron chi connectivity index (χ1n) is 4.82. The van der Waals surface area contributed by atoms with Crippen LogP contribution in [0.4, 0.5) is 0 Å². The van der Waals surface area contributed by atoms with Crippen LogP contribution in [0.2, 0.25) is 0 Å². The van der Waals surface area contributed by atoms with Gasteiger partial charge in [0.05, 0.1) is 0 Å². The van der Waals surface area contributed by atoms with Crippen molar-refractivity contribution in [1.29, 1.82) is 0 Å². The molecule has 0 nitrogen and oxygen atoms in total. The van der Waals surface area contributed by atoms with Crippen LogP contribution in [-0.2, 0) is 0 Å². The van der Waals surface area contributed by atoms with Crippen LogP contribution in [0, 0.1) is 0 Å². The van der Waals surface area contributed by atoms with Gasteiger partial charge in [0, 0.05) is 0 Å². The Morgan fingerprint density at radius 3 is 2.00 bits per heavy atom. The zero-order valence-electron chi connectivity index (χ0n) is 9.72. The van der Waals surface area contributed by atoms with Gasteiger partial charge in [0.2, 0.25) is 0 Å². The maximum atomic E-state index is 3.86. The van der Waals surface area contributed by atoms with Crippen molar-refractivity contribution in [1.82, 2.24) is 0 Å². The molecule has 0 heteroatoms. The first-order valence-corrected chi connectivity index (χ1v) is 4.82. The summed E-state index contributed by atoms with van der Waals surface area (Å²) in [6.45, 7) is 15.9. The van der Waals surface area contributed by atoms with Crippen LogP contribution >= 0.6 is 0 Å². The van der Waals surface area contributed by atoms with E-state index in [1.165, 1.54) is 11.1 Å². The zero-order chi connectivity index (χ0) is 11.1. The minimum Gasteiger partial charge on any atom is -0.0985 e. The van der Waals surface area contributed by atoms with E-state index in [0.29, 0.717) is 0 Å². The van der Waals surface area contributed by atoms with Gasteiger partial charge in [-0.05, 0) is 38.8 Å². The van der Waals surface area contributed by atoms with Gasteiger partial charge in [0.15, 0.2) is 0 Å². The standard InChI is InChI=1S/C14H20/c1-7-12(5)10-13(6)14(8-2)9-11(3)4/h7-10H,2-3H2,1,4-6H3/b12-7-,13-10+,14-9+. The Balaban J connectivity index is 4.98. The second-order valence-corrected chi connectivity index (χ2v) is 3.51. The van der Waals surface area contributed by atoms with Gasteiger partial charge in [-0.25, -0.2) is 0 Å². The largest absolute Gasteiger partial charge is 0.0985 e. The van der Waals surface area contributed by atoms with Gasteiger partial charge in [-0.2, -0.15) is 0 Å². The summed E-state index contributed by atoms with van der Waals surface area (Å²) < 4.78 is 0. The molecule has 76 valence electrons. The molecule has 0 aliphatic heterocycles. The molecule has 0 fully saturated rings. The molecule has 0 atom stereocenters. The molecule has 0 bridgehead atoms. The van der Waals surface area contributed by atoms with E-state index >= 15 is 0 Å². The van der Waals surface area contributed by atoms with Crippen LogP contribution in [0.1, 0.15) is 27.7 Å². The highest BCUT2D eigenvalue weighted by Gasteiger charge is 1.94. The van der Waals surface area contributed by atoms with Crippen molar-refractivity contribution in [2.75, 3.05) is 0 Å². The highest BCUT2D eigenvalue weighted by atomic mass is 14.0. The quantitative estimate of drug-likeness (QED) is 0.566. The van der Waals surface area contributed by atoms with Gasteiger partial charge in [0.1, 0.15) is 0 Å². The first-order chi connectivity index (χ1) is 6.51. The molecule has 0 aromatic carbocycles. The van der Waals surface area contributed by atoms with Gasteiger partial charge in [-0.1, -0.05) is 48.6 Å². The maximum absolute atomic E-state index is 3.86. The average Bonchev–Trinajstić information content (AvgIpc) is 2.13. The number of hydrogen-bond donors (Lipinski definition) is 0. The monoisotopic (exact) mass is 188 g/mol. The second kappa shape index (κ2) is 6.20. The fourth-order valence-electron chi connectivity index (χ4n) is 1.11. The predicted octanol–water partition coefficient (Wildman–Crippen LogP) is 4.59. The lowest BCUT2D eigenvalue weighted by atomic mass is 10.0. The molecule has 0 amide bonds. The van der Waals surface area contributed by atoms with E-state index in [4.69, 9.17) is 0 Å². The third-order valence-electron chi connectivity index (χ3n) is 1.98. The Morgan fingerprint density at radius 2 is 1.64 bits per heavy atom. The fourth-order valence-corrected chi connectivity index (χ4v) is 1.11. The Bertz CT molecular complexity index is 309. The normalized spacial score (nSPS) is 14.1. The molecule has 14 heavy (non-hydrogen) atoms. The van der Waals surface area contributed by atoms with Crippen LogP contribution in [0.25, 0.3) is 0 Å². The first kappa shape index (κ1) is 12.7. The van der Waals surface area contributed by atoms with Crippen molar-refractivity contribution in [3.8, 4) is 0 Å². The van der Waals surface area contributed by atoms with E-state index in [-0.39, 0.29) is 0 Å². The molecular formula is C14H20. The third kappa shape index (κ3) is 4.66. The summed E-state index contributed by atoms with van der Waals surface area (Å²) in [6, 6.07) is 0. The Hall–Kier alpha value is -1.30. The van der Waals surface area contributed by atoms with Crippen molar-refractivity contribution in [2.24, 2.45) is 0 Å². The van der Waals surface area contributed by atoms with Gasteiger partial charge in [0.25, 0.3) is 0 Å². The van der Waals surface area contributed by atoms with Crippen LogP contribution in [0.5, 0.6) is 0 Å². The van der Waals surface area contributed by atoms with E-state index in [0.717, 1.165) is 11.1 Å². The molecule has 0 N–H and O–H groups in total. The Morgan fingerprint density at radius 1 is 1.07 bits per heavy atom. The lowest BCUT2D eigenvalue weighted by molar-refractivity contribution is 1.35. The molecule has 0 saturated heterocycles. The zero-order valence-corrected chi connectivity index (χ0v) is 9.72. The number of rotatable bonds is 4. The van der Waals surface area contributed by atoms with Crippen LogP contribution in [0.3, 0.4) is 0 Å². The lowest BCUT2D eigenvalue weighted by Gasteiger charge is -2.03. The molecule has 0 saturated carbocycles. The summed E-state index contributed by atoms with van der Waals surface area (Å²) >= 11 is 0. The fraction of sp³-hybridized carbons (Fsp3) is 0.286. The SMILES string of the molecule is C=CC(=C\C(=C)C)/C(C)=C/C(C)=C\C. The minimum absolute atomic E-state index is 1.05. The van der Waals surface area contributed by atoms with E-state index < -0.39 is 0 Å². The molecule has 0 aliphatic carbocycles. The van der Waals surface area contributed by atoms with E-state index in [1.54, 1.807) is 0 Å². The molecule has 0 aromatic heterocycles. The van der Waals surface area contributed by atoms with Crippen molar-refractivity contribution >= 4 is 0 Å². The molecule has 0 aliphatic rings. The van der Waals surface area contributed by atoms with Crippen molar-refractivity contribution in [3.05, 3.63) is 59.8 Å². The van der Waals surface area contributed by atoms with Crippen LogP contribution < -0.4 is 0 Å². The summed E-state index contributed by atoms with van der Waals surface area (Å²) in [4.78, 5) is 0. The van der Waals surface area contributed by atoms with Gasteiger partial charge in [-0.3, -0.25) is 0 Å². The van der Waals surface area contributed by atoms with Crippen molar-refractivity contribution < 1.29 is 0 Å². The number of allylic oxidation sites excluding steroid dienone is 8. The highest BCUT2D eigenvalue weighted by molar-refractivity contribution is 5.44. The predicted molar refractivity (Wildman–Crippen MR) is 66.3 cm³/mol. The van der Waals surface area contributed by atoms with E-state index in [1.807, 2.05) is 26.0 Å². The van der Waals surface area contributed by atoms with Crippen LogP contribution in [0.15, 0.2) is 59.8 Å². The third-order valence-corrected chi connectivity index (χ3v) is 1.98. The smallest absolute Gasteiger partial charge is 0.0231 e. The molecule has 0 aromatic rings. The molecule has 0 radical (unpaired) electrons. The average molecular weight is 188 g/mol. The number of hydrogen-bond acceptors (Lipinski definition) is 0. The molecular weight excluding hydrogens is 168 g/mol. The maximum Gasteiger partial charge on any atom is -0.0231 e. The van der Waals surface area contributed by atoms with Gasteiger partial charge in [-0.15, -0.1) is 0 Å². The van der Waals surface area contributed by atoms with Crippen LogP contribution in [-0.4, -0.2) is 0 Å². The summed E-state index contributed by atoms with van der Waals surface area (Å²) in [6.07, 6.45) is 8.15.